The highest BCUT2D eigenvalue weighted by Crippen LogP contribution is 2.21. The SMILES string of the molecule is C\C=C/C=C\C=C(/C)CN(C)c1ccccc1N. The minimum Gasteiger partial charge on any atom is -0.397 e. The summed E-state index contributed by atoms with van der Waals surface area (Å²) in [6, 6.07) is 7.93. The van der Waals surface area contributed by atoms with Gasteiger partial charge in [-0.05, 0) is 26.0 Å². The number of allylic oxidation sites excluding steroid dienone is 5. The number of hydrogen-bond acceptors (Lipinski definition) is 2. The molecule has 1 aromatic rings. The quantitative estimate of drug-likeness (QED) is 0.629. The lowest BCUT2D eigenvalue weighted by atomic mass is 10.2. The van der Waals surface area contributed by atoms with E-state index in [1.54, 1.807) is 0 Å². The minimum absolute atomic E-state index is 0.817. The molecular formula is C16H22N2. The van der Waals surface area contributed by atoms with Crippen LogP contribution in [0.25, 0.3) is 0 Å². The van der Waals surface area contributed by atoms with Crippen LogP contribution >= 0.6 is 0 Å². The molecule has 96 valence electrons. The molecule has 0 fully saturated rings. The lowest BCUT2D eigenvalue weighted by molar-refractivity contribution is 0.983. The molecule has 0 spiro atoms. The highest BCUT2D eigenvalue weighted by atomic mass is 15.1. The molecule has 1 aromatic carbocycles. The maximum absolute atomic E-state index is 5.95. The van der Waals surface area contributed by atoms with E-state index in [4.69, 9.17) is 5.73 Å². The predicted molar refractivity (Wildman–Crippen MR) is 81.8 cm³/mol. The third-order valence-electron chi connectivity index (χ3n) is 2.63. The van der Waals surface area contributed by atoms with E-state index < -0.39 is 0 Å². The molecule has 0 aliphatic heterocycles. The first-order valence-corrected chi connectivity index (χ1v) is 6.16. The fourth-order valence-corrected chi connectivity index (χ4v) is 1.74. The largest absolute Gasteiger partial charge is 0.397 e. The first kappa shape index (κ1) is 14.1. The van der Waals surface area contributed by atoms with Crippen molar-refractivity contribution in [1.29, 1.82) is 0 Å². The van der Waals surface area contributed by atoms with Gasteiger partial charge in [0.05, 0.1) is 11.4 Å². The molecular weight excluding hydrogens is 220 g/mol. The van der Waals surface area contributed by atoms with Crippen LogP contribution < -0.4 is 10.6 Å². The summed E-state index contributed by atoms with van der Waals surface area (Å²) < 4.78 is 0. The van der Waals surface area contributed by atoms with Crippen molar-refractivity contribution in [1.82, 2.24) is 0 Å². The van der Waals surface area contributed by atoms with Gasteiger partial charge < -0.3 is 10.6 Å². The summed E-state index contributed by atoms with van der Waals surface area (Å²) in [6.45, 7) is 5.00. The van der Waals surface area contributed by atoms with Crippen molar-refractivity contribution in [2.75, 3.05) is 24.2 Å². The van der Waals surface area contributed by atoms with E-state index in [0.29, 0.717) is 0 Å². The standard InChI is InChI=1S/C16H22N2/c1-4-5-6-7-10-14(2)13-18(3)16-12-9-8-11-15(16)17/h4-12H,13,17H2,1-3H3/b5-4-,7-6-,14-10+. The van der Waals surface area contributed by atoms with Gasteiger partial charge in [-0.2, -0.15) is 0 Å². The first-order chi connectivity index (χ1) is 8.65. The fraction of sp³-hybridized carbons (Fsp3) is 0.250. The summed E-state index contributed by atoms with van der Waals surface area (Å²) in [5.74, 6) is 0. The van der Waals surface area contributed by atoms with Gasteiger partial charge in [0.2, 0.25) is 0 Å². The highest BCUT2D eigenvalue weighted by molar-refractivity contribution is 5.67. The van der Waals surface area contributed by atoms with Gasteiger partial charge in [0, 0.05) is 13.6 Å². The number of rotatable bonds is 5. The van der Waals surface area contributed by atoms with Gasteiger partial charge in [0.1, 0.15) is 0 Å². The van der Waals surface area contributed by atoms with E-state index in [0.717, 1.165) is 17.9 Å². The zero-order chi connectivity index (χ0) is 13.4. The van der Waals surface area contributed by atoms with Gasteiger partial charge in [-0.3, -0.25) is 0 Å². The lowest BCUT2D eigenvalue weighted by Crippen LogP contribution is -2.20. The van der Waals surface area contributed by atoms with Gasteiger partial charge in [-0.25, -0.2) is 0 Å². The van der Waals surface area contributed by atoms with Crippen LogP contribution in [0.3, 0.4) is 0 Å². The van der Waals surface area contributed by atoms with Gasteiger partial charge in [-0.1, -0.05) is 48.1 Å². The third-order valence-corrected chi connectivity index (χ3v) is 2.63. The van der Waals surface area contributed by atoms with Crippen LogP contribution in [0.4, 0.5) is 11.4 Å². The third kappa shape index (κ3) is 4.50. The summed E-state index contributed by atoms with van der Waals surface area (Å²) >= 11 is 0. The first-order valence-electron chi connectivity index (χ1n) is 6.16. The Balaban J connectivity index is 2.65. The van der Waals surface area contributed by atoms with Crippen molar-refractivity contribution in [2.45, 2.75) is 13.8 Å². The summed E-state index contributed by atoms with van der Waals surface area (Å²) in [4.78, 5) is 2.16. The van der Waals surface area contributed by atoms with Crippen LogP contribution in [0, 0.1) is 0 Å². The number of nitrogen functional groups attached to an aromatic ring is 1. The zero-order valence-corrected chi connectivity index (χ0v) is 11.4. The molecule has 0 saturated heterocycles. The Kier molecular flexibility index (Phi) is 5.78. The van der Waals surface area contributed by atoms with Crippen molar-refractivity contribution >= 4 is 11.4 Å². The normalized spacial score (nSPS) is 12.5. The number of benzene rings is 1. The second kappa shape index (κ2) is 7.38. The second-order valence-electron chi connectivity index (χ2n) is 4.34. The van der Waals surface area contributed by atoms with Gasteiger partial charge in [0.15, 0.2) is 0 Å². The topological polar surface area (TPSA) is 29.3 Å². The van der Waals surface area contributed by atoms with Crippen LogP contribution in [-0.2, 0) is 0 Å². The summed E-state index contributed by atoms with van der Waals surface area (Å²) in [5.41, 5.74) is 9.13. The summed E-state index contributed by atoms with van der Waals surface area (Å²) in [5, 5.41) is 0. The van der Waals surface area contributed by atoms with Crippen molar-refractivity contribution in [3.05, 3.63) is 60.2 Å². The predicted octanol–water partition coefficient (Wildman–Crippen LogP) is 3.78. The Labute approximate surface area is 110 Å². The average Bonchev–Trinajstić information content (AvgIpc) is 2.35. The molecule has 18 heavy (non-hydrogen) atoms. The van der Waals surface area contributed by atoms with Crippen molar-refractivity contribution in [3.8, 4) is 0 Å². The van der Waals surface area contributed by atoms with E-state index in [2.05, 4.69) is 31.0 Å². The van der Waals surface area contributed by atoms with Crippen LogP contribution in [0.1, 0.15) is 13.8 Å². The smallest absolute Gasteiger partial charge is 0.0600 e. The monoisotopic (exact) mass is 242 g/mol. The van der Waals surface area contributed by atoms with Crippen molar-refractivity contribution in [2.24, 2.45) is 0 Å². The van der Waals surface area contributed by atoms with Crippen LogP contribution in [-0.4, -0.2) is 13.6 Å². The van der Waals surface area contributed by atoms with Crippen LogP contribution in [0.5, 0.6) is 0 Å². The lowest BCUT2D eigenvalue weighted by Gasteiger charge is -2.21. The molecule has 0 heterocycles. The van der Waals surface area contributed by atoms with E-state index in [-0.39, 0.29) is 0 Å². The number of nitrogens with two attached hydrogens (primary N) is 1. The number of likely N-dealkylation sites (N-methyl/N-ethyl adjacent to an activating group) is 1. The number of para-hydroxylation sites is 2. The summed E-state index contributed by atoms with van der Waals surface area (Å²) in [6.07, 6.45) is 10.2. The second-order valence-corrected chi connectivity index (χ2v) is 4.34. The summed E-state index contributed by atoms with van der Waals surface area (Å²) in [7, 11) is 2.05. The van der Waals surface area contributed by atoms with E-state index in [1.807, 2.05) is 49.4 Å². The molecule has 0 aromatic heterocycles. The molecule has 0 atom stereocenters. The molecule has 0 saturated carbocycles. The Hall–Kier alpha value is -1.96. The molecule has 2 heteroatoms. The molecule has 2 nitrogen and oxygen atoms in total. The van der Waals surface area contributed by atoms with Crippen molar-refractivity contribution in [3.63, 3.8) is 0 Å². The fourth-order valence-electron chi connectivity index (χ4n) is 1.74. The average molecular weight is 242 g/mol. The Bertz CT molecular complexity index is 456. The number of hydrogen-bond donors (Lipinski definition) is 1. The maximum atomic E-state index is 5.95. The molecule has 1 rings (SSSR count). The van der Waals surface area contributed by atoms with Crippen molar-refractivity contribution < 1.29 is 0 Å². The highest BCUT2D eigenvalue weighted by Gasteiger charge is 2.03. The maximum Gasteiger partial charge on any atom is 0.0600 e. The molecule has 0 radical (unpaired) electrons. The van der Waals surface area contributed by atoms with Gasteiger partial charge >= 0.3 is 0 Å². The van der Waals surface area contributed by atoms with Gasteiger partial charge in [0.25, 0.3) is 0 Å². The van der Waals surface area contributed by atoms with Crippen LogP contribution in [0.2, 0.25) is 0 Å². The zero-order valence-electron chi connectivity index (χ0n) is 11.4. The van der Waals surface area contributed by atoms with E-state index in [1.165, 1.54) is 5.57 Å². The molecule has 0 bridgehead atoms. The van der Waals surface area contributed by atoms with E-state index >= 15 is 0 Å². The Morgan fingerprint density at radius 3 is 2.61 bits per heavy atom. The molecule has 0 aliphatic carbocycles. The minimum atomic E-state index is 0.817. The van der Waals surface area contributed by atoms with Gasteiger partial charge in [-0.15, -0.1) is 0 Å². The molecule has 0 aliphatic rings. The Morgan fingerprint density at radius 1 is 1.22 bits per heavy atom. The molecule has 0 unspecified atom stereocenters. The molecule has 2 N–H and O–H groups in total. The number of nitrogens with zero attached hydrogens (tertiary/aromatic N) is 1. The Morgan fingerprint density at radius 2 is 1.94 bits per heavy atom. The number of anilines is 2. The van der Waals surface area contributed by atoms with Crippen LogP contribution in [0.15, 0.2) is 60.2 Å². The molecule has 0 amide bonds. The van der Waals surface area contributed by atoms with E-state index in [9.17, 15) is 0 Å².